The van der Waals surface area contributed by atoms with Crippen molar-refractivity contribution in [3.05, 3.63) is 48.3 Å². The van der Waals surface area contributed by atoms with Crippen molar-refractivity contribution in [3.8, 4) is 16.9 Å². The van der Waals surface area contributed by atoms with Crippen LogP contribution in [0.2, 0.25) is 0 Å². The molecule has 24 heavy (non-hydrogen) atoms. The molecule has 1 saturated heterocycles. The zero-order valence-electron chi connectivity index (χ0n) is 14.0. The number of carbonyl (C=O) groups is 1. The van der Waals surface area contributed by atoms with Gasteiger partial charge in [0.25, 0.3) is 5.91 Å². The number of pyridine rings is 1. The SMILES string of the molecule is COc1cncc(-c2ccc(C(=O)NCCN3CCCC3)cc2)c1. The first kappa shape index (κ1) is 16.5. The Kier molecular flexibility index (Phi) is 5.43. The van der Waals surface area contributed by atoms with Crippen LogP contribution in [0.3, 0.4) is 0 Å². The summed E-state index contributed by atoms with van der Waals surface area (Å²) in [5, 5.41) is 2.99. The van der Waals surface area contributed by atoms with Gasteiger partial charge in [0.05, 0.1) is 13.3 Å². The molecule has 1 N–H and O–H groups in total. The molecule has 1 aromatic heterocycles. The zero-order valence-corrected chi connectivity index (χ0v) is 14.0. The number of ether oxygens (including phenoxy) is 1. The second kappa shape index (κ2) is 7.93. The van der Waals surface area contributed by atoms with Crippen molar-refractivity contribution >= 4 is 5.91 Å². The van der Waals surface area contributed by atoms with Gasteiger partial charge in [0, 0.05) is 30.4 Å². The van der Waals surface area contributed by atoms with Gasteiger partial charge in [-0.05, 0) is 49.7 Å². The largest absolute Gasteiger partial charge is 0.495 e. The Balaban J connectivity index is 1.57. The molecule has 0 aliphatic carbocycles. The number of nitrogens with zero attached hydrogens (tertiary/aromatic N) is 2. The van der Waals surface area contributed by atoms with Crippen molar-refractivity contribution in [1.82, 2.24) is 15.2 Å². The van der Waals surface area contributed by atoms with Crippen molar-refractivity contribution in [3.63, 3.8) is 0 Å². The first-order valence-electron chi connectivity index (χ1n) is 8.36. The average Bonchev–Trinajstić information content (AvgIpc) is 3.15. The molecule has 1 aliphatic rings. The lowest BCUT2D eigenvalue weighted by molar-refractivity contribution is 0.0950. The van der Waals surface area contributed by atoms with E-state index in [-0.39, 0.29) is 5.91 Å². The van der Waals surface area contributed by atoms with Gasteiger partial charge < -0.3 is 15.0 Å². The van der Waals surface area contributed by atoms with Gasteiger partial charge in [-0.1, -0.05) is 12.1 Å². The van der Waals surface area contributed by atoms with Crippen LogP contribution in [0.15, 0.2) is 42.7 Å². The molecular formula is C19H23N3O2. The van der Waals surface area contributed by atoms with Gasteiger partial charge in [0.15, 0.2) is 0 Å². The van der Waals surface area contributed by atoms with Gasteiger partial charge in [0.2, 0.25) is 0 Å². The number of likely N-dealkylation sites (tertiary alicyclic amines) is 1. The number of carbonyl (C=O) groups excluding carboxylic acids is 1. The Morgan fingerprint density at radius 2 is 1.92 bits per heavy atom. The van der Waals surface area contributed by atoms with Crippen LogP contribution in [-0.2, 0) is 0 Å². The molecule has 126 valence electrons. The maximum Gasteiger partial charge on any atom is 0.251 e. The average molecular weight is 325 g/mol. The summed E-state index contributed by atoms with van der Waals surface area (Å²) in [7, 11) is 1.62. The topological polar surface area (TPSA) is 54.5 Å². The first-order chi connectivity index (χ1) is 11.8. The normalized spacial score (nSPS) is 14.5. The van der Waals surface area contributed by atoms with E-state index in [1.165, 1.54) is 12.8 Å². The second-order valence-electron chi connectivity index (χ2n) is 6.00. The number of methoxy groups -OCH3 is 1. The summed E-state index contributed by atoms with van der Waals surface area (Å²) in [6.07, 6.45) is 6.00. The van der Waals surface area contributed by atoms with Gasteiger partial charge in [-0.15, -0.1) is 0 Å². The van der Waals surface area contributed by atoms with E-state index < -0.39 is 0 Å². The van der Waals surface area contributed by atoms with Gasteiger partial charge >= 0.3 is 0 Å². The molecule has 2 aromatic rings. The number of amides is 1. The quantitative estimate of drug-likeness (QED) is 0.887. The Hall–Kier alpha value is -2.40. The number of hydrogen-bond donors (Lipinski definition) is 1. The molecule has 0 radical (unpaired) electrons. The summed E-state index contributed by atoms with van der Waals surface area (Å²) in [6.45, 7) is 3.93. The summed E-state index contributed by atoms with van der Waals surface area (Å²) < 4.78 is 5.19. The van der Waals surface area contributed by atoms with E-state index in [1.807, 2.05) is 30.3 Å². The van der Waals surface area contributed by atoms with Crippen LogP contribution in [0.4, 0.5) is 0 Å². The number of hydrogen-bond acceptors (Lipinski definition) is 4. The van der Waals surface area contributed by atoms with E-state index in [0.717, 1.165) is 36.5 Å². The van der Waals surface area contributed by atoms with E-state index in [4.69, 9.17) is 4.74 Å². The lowest BCUT2D eigenvalue weighted by Crippen LogP contribution is -2.33. The van der Waals surface area contributed by atoms with E-state index in [1.54, 1.807) is 19.5 Å². The van der Waals surface area contributed by atoms with Crippen molar-refractivity contribution in [2.45, 2.75) is 12.8 Å². The zero-order chi connectivity index (χ0) is 16.8. The van der Waals surface area contributed by atoms with Gasteiger partial charge in [-0.2, -0.15) is 0 Å². The molecule has 0 atom stereocenters. The molecule has 1 fully saturated rings. The third kappa shape index (κ3) is 4.11. The molecule has 1 amide bonds. The summed E-state index contributed by atoms with van der Waals surface area (Å²) in [5.41, 5.74) is 2.65. The van der Waals surface area contributed by atoms with E-state index in [0.29, 0.717) is 12.1 Å². The third-order valence-electron chi connectivity index (χ3n) is 4.34. The Morgan fingerprint density at radius 3 is 2.62 bits per heavy atom. The minimum Gasteiger partial charge on any atom is -0.495 e. The highest BCUT2D eigenvalue weighted by atomic mass is 16.5. The first-order valence-corrected chi connectivity index (χ1v) is 8.36. The Bertz CT molecular complexity index is 679. The van der Waals surface area contributed by atoms with Crippen LogP contribution in [0, 0.1) is 0 Å². The molecule has 1 aromatic carbocycles. The predicted octanol–water partition coefficient (Wildman–Crippen LogP) is 2.58. The van der Waals surface area contributed by atoms with Gasteiger partial charge in [0.1, 0.15) is 5.75 Å². The number of aromatic nitrogens is 1. The molecule has 5 heteroatoms. The predicted molar refractivity (Wildman–Crippen MR) is 94.2 cm³/mol. The molecule has 2 heterocycles. The fourth-order valence-electron chi connectivity index (χ4n) is 2.94. The minimum absolute atomic E-state index is 0.0236. The molecule has 0 spiro atoms. The van der Waals surface area contributed by atoms with Crippen LogP contribution in [0.5, 0.6) is 5.75 Å². The number of rotatable bonds is 6. The molecule has 0 unspecified atom stereocenters. The van der Waals surface area contributed by atoms with Crippen LogP contribution in [-0.4, -0.2) is 49.1 Å². The number of nitrogens with one attached hydrogen (secondary N) is 1. The van der Waals surface area contributed by atoms with Crippen molar-refractivity contribution in [1.29, 1.82) is 0 Å². The van der Waals surface area contributed by atoms with E-state index in [9.17, 15) is 4.79 Å². The van der Waals surface area contributed by atoms with Crippen molar-refractivity contribution in [2.75, 3.05) is 33.3 Å². The highest BCUT2D eigenvalue weighted by molar-refractivity contribution is 5.94. The van der Waals surface area contributed by atoms with E-state index >= 15 is 0 Å². The van der Waals surface area contributed by atoms with Crippen LogP contribution in [0.1, 0.15) is 23.2 Å². The standard InChI is InChI=1S/C19H23N3O2/c1-24-18-12-17(13-20-14-18)15-4-6-16(7-5-15)19(23)21-8-11-22-9-2-3-10-22/h4-7,12-14H,2-3,8-11H2,1H3,(H,21,23). The summed E-state index contributed by atoms with van der Waals surface area (Å²) in [5.74, 6) is 0.695. The summed E-state index contributed by atoms with van der Waals surface area (Å²) >= 11 is 0. The number of benzene rings is 1. The van der Waals surface area contributed by atoms with Gasteiger partial charge in [-0.3, -0.25) is 9.78 Å². The summed E-state index contributed by atoms with van der Waals surface area (Å²) in [4.78, 5) is 18.8. The summed E-state index contributed by atoms with van der Waals surface area (Å²) in [6, 6.07) is 9.50. The van der Waals surface area contributed by atoms with Gasteiger partial charge in [-0.25, -0.2) is 0 Å². The lowest BCUT2D eigenvalue weighted by atomic mass is 10.1. The molecule has 5 nitrogen and oxygen atoms in total. The fraction of sp³-hybridized carbons (Fsp3) is 0.368. The van der Waals surface area contributed by atoms with Crippen molar-refractivity contribution in [2.24, 2.45) is 0 Å². The lowest BCUT2D eigenvalue weighted by Gasteiger charge is -2.14. The van der Waals surface area contributed by atoms with Crippen LogP contribution in [0.25, 0.3) is 11.1 Å². The minimum atomic E-state index is -0.0236. The highest BCUT2D eigenvalue weighted by Crippen LogP contribution is 2.22. The molecule has 0 bridgehead atoms. The maximum atomic E-state index is 12.2. The molecule has 3 rings (SSSR count). The Morgan fingerprint density at radius 1 is 1.17 bits per heavy atom. The smallest absolute Gasteiger partial charge is 0.251 e. The fourth-order valence-corrected chi connectivity index (χ4v) is 2.94. The monoisotopic (exact) mass is 325 g/mol. The highest BCUT2D eigenvalue weighted by Gasteiger charge is 2.11. The Labute approximate surface area is 142 Å². The van der Waals surface area contributed by atoms with Crippen LogP contribution >= 0.6 is 0 Å². The van der Waals surface area contributed by atoms with Crippen LogP contribution < -0.4 is 10.1 Å². The van der Waals surface area contributed by atoms with E-state index in [2.05, 4.69) is 15.2 Å². The molecular weight excluding hydrogens is 302 g/mol. The maximum absolute atomic E-state index is 12.2. The third-order valence-corrected chi connectivity index (χ3v) is 4.34. The van der Waals surface area contributed by atoms with Crippen molar-refractivity contribution < 1.29 is 9.53 Å². The molecule has 0 saturated carbocycles. The molecule has 1 aliphatic heterocycles. The second-order valence-corrected chi connectivity index (χ2v) is 6.00.